The van der Waals surface area contributed by atoms with Gasteiger partial charge in [-0.2, -0.15) is 5.26 Å². The van der Waals surface area contributed by atoms with Gasteiger partial charge in [0, 0.05) is 9.75 Å². The van der Waals surface area contributed by atoms with Gasteiger partial charge in [-0.1, -0.05) is 12.1 Å². The molecule has 7 heteroatoms. The van der Waals surface area contributed by atoms with Crippen LogP contribution in [0.4, 0.5) is 4.79 Å². The molecule has 0 spiro atoms. The fraction of sp³-hybridized carbons (Fsp3) is 0.286. The summed E-state index contributed by atoms with van der Waals surface area (Å²) in [4.78, 5) is 16.0. The molecule has 0 aliphatic carbocycles. The van der Waals surface area contributed by atoms with E-state index in [1.165, 1.54) is 0 Å². The van der Waals surface area contributed by atoms with Crippen LogP contribution < -0.4 is 0 Å². The van der Waals surface area contributed by atoms with Crippen LogP contribution in [0.2, 0.25) is 0 Å². The number of ether oxygens (including phenoxy) is 2. The second kappa shape index (κ2) is 8.29. The molecule has 1 amide bonds. The van der Waals surface area contributed by atoms with E-state index in [4.69, 9.17) is 10.00 Å². The van der Waals surface area contributed by atoms with Crippen molar-refractivity contribution >= 4 is 28.8 Å². The number of nitrogens with zero attached hydrogens (tertiary/aromatic N) is 2. The maximum absolute atomic E-state index is 12.1. The lowest BCUT2D eigenvalue weighted by molar-refractivity contribution is 0.0793. The van der Waals surface area contributed by atoms with Gasteiger partial charge in [0.05, 0.1) is 13.1 Å². The summed E-state index contributed by atoms with van der Waals surface area (Å²) in [5, 5.41) is 12.2. The maximum atomic E-state index is 12.1. The van der Waals surface area contributed by atoms with Crippen LogP contribution in [0, 0.1) is 11.5 Å². The summed E-state index contributed by atoms with van der Waals surface area (Å²) in [5.41, 5.74) is 0. The molecule has 2 heterocycles. The molecule has 0 fully saturated rings. The Balaban J connectivity index is 1.93. The molecule has 2 aromatic heterocycles. The topological polar surface area (TPSA) is 62.6 Å². The molecular formula is C14H14N2O3S2. The van der Waals surface area contributed by atoms with E-state index in [9.17, 15) is 4.79 Å². The van der Waals surface area contributed by atoms with E-state index in [0.29, 0.717) is 13.1 Å². The van der Waals surface area contributed by atoms with Crippen LogP contribution in [0.1, 0.15) is 9.75 Å². The zero-order valence-electron chi connectivity index (χ0n) is 11.2. The Kier molecular flexibility index (Phi) is 6.06. The van der Waals surface area contributed by atoms with Crippen LogP contribution in [0.15, 0.2) is 35.0 Å². The van der Waals surface area contributed by atoms with Gasteiger partial charge in [-0.15, -0.1) is 22.7 Å². The fourth-order valence-electron chi connectivity index (χ4n) is 1.67. The fourth-order valence-corrected chi connectivity index (χ4v) is 3.11. The number of carbonyl (C=O) groups excluding carboxylic acids is 1. The van der Waals surface area contributed by atoms with Crippen molar-refractivity contribution in [2.45, 2.75) is 13.1 Å². The van der Waals surface area contributed by atoms with Crippen molar-refractivity contribution in [2.75, 3.05) is 13.2 Å². The molecule has 0 aromatic carbocycles. The summed E-state index contributed by atoms with van der Waals surface area (Å²) in [6.07, 6.45) is 1.14. The monoisotopic (exact) mass is 322 g/mol. The van der Waals surface area contributed by atoms with Crippen LogP contribution >= 0.6 is 22.7 Å². The first-order valence-corrected chi connectivity index (χ1v) is 8.03. The molecule has 0 aliphatic rings. The summed E-state index contributed by atoms with van der Waals surface area (Å²) < 4.78 is 9.61. The van der Waals surface area contributed by atoms with Crippen LogP contribution in [-0.4, -0.2) is 24.2 Å². The van der Waals surface area contributed by atoms with Crippen molar-refractivity contribution < 1.29 is 14.3 Å². The zero-order valence-corrected chi connectivity index (χ0v) is 12.9. The van der Waals surface area contributed by atoms with Gasteiger partial charge in [-0.3, -0.25) is 4.90 Å². The van der Waals surface area contributed by atoms with E-state index >= 15 is 0 Å². The summed E-state index contributed by atoms with van der Waals surface area (Å²) >= 11 is 3.20. The number of hydrogen-bond acceptors (Lipinski definition) is 6. The molecule has 0 atom stereocenters. The van der Waals surface area contributed by atoms with Crippen molar-refractivity contribution in [1.29, 1.82) is 5.26 Å². The molecule has 0 radical (unpaired) electrons. The van der Waals surface area contributed by atoms with Crippen LogP contribution in [0.25, 0.3) is 0 Å². The molecule has 2 rings (SSSR count). The van der Waals surface area contributed by atoms with Crippen LogP contribution in [0.5, 0.6) is 0 Å². The van der Waals surface area contributed by atoms with E-state index in [1.807, 2.05) is 35.0 Å². The average Bonchev–Trinajstić information content (AvgIpc) is 3.16. The number of hydrogen-bond donors (Lipinski definition) is 0. The number of nitriles is 1. The highest BCUT2D eigenvalue weighted by molar-refractivity contribution is 7.10. The summed E-state index contributed by atoms with van der Waals surface area (Å²) in [6, 6.07) is 7.88. The molecule has 0 unspecified atom stereocenters. The van der Waals surface area contributed by atoms with E-state index in [1.54, 1.807) is 33.8 Å². The Morgan fingerprint density at radius 2 is 1.76 bits per heavy atom. The SMILES string of the molecule is N#COCCOC(=O)N(Cc1cccs1)Cc1cccs1. The van der Waals surface area contributed by atoms with Crippen molar-refractivity contribution in [3.63, 3.8) is 0 Å². The Hall–Kier alpha value is -2.04. The van der Waals surface area contributed by atoms with Crippen molar-refractivity contribution in [1.82, 2.24) is 4.90 Å². The van der Waals surface area contributed by atoms with Gasteiger partial charge in [0.15, 0.2) is 0 Å². The molecule has 110 valence electrons. The van der Waals surface area contributed by atoms with Gasteiger partial charge in [-0.05, 0) is 22.9 Å². The minimum atomic E-state index is -0.404. The molecule has 0 saturated carbocycles. The first-order valence-electron chi connectivity index (χ1n) is 6.27. The minimum Gasteiger partial charge on any atom is -0.446 e. The Bertz CT molecular complexity index is 540. The van der Waals surface area contributed by atoms with E-state index in [0.717, 1.165) is 9.75 Å². The Morgan fingerprint density at radius 1 is 1.14 bits per heavy atom. The largest absolute Gasteiger partial charge is 0.446 e. The summed E-state index contributed by atoms with van der Waals surface area (Å²) in [7, 11) is 0. The molecule has 0 aliphatic heterocycles. The molecule has 5 nitrogen and oxygen atoms in total. The highest BCUT2D eigenvalue weighted by atomic mass is 32.1. The standard InChI is InChI=1S/C14H14N2O3S2/c15-11-18-5-6-19-14(17)16(9-12-3-1-7-20-12)10-13-4-2-8-21-13/h1-4,7-8H,5-6,9-10H2. The number of rotatable bonds is 7. The average molecular weight is 322 g/mol. The summed E-state index contributed by atoms with van der Waals surface area (Å²) in [6.45, 7) is 1.16. The van der Waals surface area contributed by atoms with Gasteiger partial charge < -0.3 is 9.47 Å². The lowest BCUT2D eigenvalue weighted by Crippen LogP contribution is -2.31. The lowest BCUT2D eigenvalue weighted by atomic mass is 10.4. The highest BCUT2D eigenvalue weighted by Crippen LogP contribution is 2.17. The van der Waals surface area contributed by atoms with Crippen LogP contribution in [0.3, 0.4) is 0 Å². The van der Waals surface area contributed by atoms with Crippen molar-refractivity contribution in [3.05, 3.63) is 44.8 Å². The molecule has 2 aromatic rings. The third kappa shape index (κ3) is 5.10. The Morgan fingerprint density at radius 3 is 2.24 bits per heavy atom. The second-order valence-electron chi connectivity index (χ2n) is 4.07. The number of thiophene rings is 2. The lowest BCUT2D eigenvalue weighted by Gasteiger charge is -2.20. The van der Waals surface area contributed by atoms with E-state index < -0.39 is 6.09 Å². The first-order chi connectivity index (χ1) is 10.3. The molecule has 0 bridgehead atoms. The normalized spacial score (nSPS) is 9.86. The molecule has 0 N–H and O–H groups in total. The highest BCUT2D eigenvalue weighted by Gasteiger charge is 2.17. The van der Waals surface area contributed by atoms with E-state index in [-0.39, 0.29) is 13.2 Å². The predicted molar refractivity (Wildman–Crippen MR) is 80.8 cm³/mol. The number of carbonyl (C=O) groups is 1. The third-order valence-electron chi connectivity index (χ3n) is 2.59. The number of amides is 1. The molecule has 21 heavy (non-hydrogen) atoms. The smallest absolute Gasteiger partial charge is 0.410 e. The van der Waals surface area contributed by atoms with E-state index in [2.05, 4.69) is 4.74 Å². The van der Waals surface area contributed by atoms with Gasteiger partial charge >= 0.3 is 6.09 Å². The zero-order chi connectivity index (χ0) is 14.9. The minimum absolute atomic E-state index is 0.0672. The maximum Gasteiger partial charge on any atom is 0.410 e. The third-order valence-corrected chi connectivity index (χ3v) is 4.31. The van der Waals surface area contributed by atoms with Crippen molar-refractivity contribution in [3.8, 4) is 6.26 Å². The van der Waals surface area contributed by atoms with Crippen molar-refractivity contribution in [2.24, 2.45) is 0 Å². The van der Waals surface area contributed by atoms with Gasteiger partial charge in [0.25, 0.3) is 6.26 Å². The molecule has 0 saturated heterocycles. The first kappa shape index (κ1) is 15.4. The van der Waals surface area contributed by atoms with Gasteiger partial charge in [0.2, 0.25) is 0 Å². The van der Waals surface area contributed by atoms with Crippen LogP contribution in [-0.2, 0) is 22.6 Å². The van der Waals surface area contributed by atoms with Gasteiger partial charge in [0.1, 0.15) is 13.2 Å². The van der Waals surface area contributed by atoms with Gasteiger partial charge in [-0.25, -0.2) is 4.79 Å². The predicted octanol–water partition coefficient (Wildman–Crippen LogP) is 3.45. The second-order valence-corrected chi connectivity index (χ2v) is 6.13. The quantitative estimate of drug-likeness (QED) is 0.578. The Labute approximate surface area is 130 Å². The molecular weight excluding hydrogens is 308 g/mol. The summed E-state index contributed by atoms with van der Waals surface area (Å²) in [5.74, 6) is 0.